The van der Waals surface area contributed by atoms with E-state index in [1.807, 2.05) is 7.05 Å². The van der Waals surface area contributed by atoms with Crippen molar-refractivity contribution in [2.24, 2.45) is 0 Å². The molecule has 1 N–H and O–H groups in total. The lowest BCUT2D eigenvalue weighted by Gasteiger charge is -2.21. The molecule has 20 heavy (non-hydrogen) atoms. The molecule has 0 aliphatic heterocycles. The Kier molecular flexibility index (Phi) is 17.2. The largest absolute Gasteiger partial charge is 0.307 e. The summed E-state index contributed by atoms with van der Waals surface area (Å²) in [5, 5.41) is 3.07. The quantitative estimate of drug-likeness (QED) is 0.513. The lowest BCUT2D eigenvalue weighted by molar-refractivity contribution is 0.273. The van der Waals surface area contributed by atoms with Crippen LogP contribution in [0, 0.1) is 24.7 Å². The van der Waals surface area contributed by atoms with Crippen LogP contribution in [0.1, 0.15) is 59.3 Å². The van der Waals surface area contributed by atoms with Crippen molar-refractivity contribution in [3.8, 4) is 24.7 Å². The molecule has 0 aromatic carbocycles. The van der Waals surface area contributed by atoms with Crippen molar-refractivity contribution in [2.45, 2.75) is 71.4 Å². The Bertz CT molecular complexity index is 272. The van der Waals surface area contributed by atoms with Crippen LogP contribution in [-0.4, -0.2) is 37.6 Å². The first-order valence-electron chi connectivity index (χ1n) is 7.84. The predicted molar refractivity (Wildman–Crippen MR) is 91.7 cm³/mol. The first kappa shape index (κ1) is 21.3. The molecule has 2 atom stereocenters. The van der Waals surface area contributed by atoms with E-state index in [0.29, 0.717) is 6.04 Å². The normalized spacial score (nSPS) is 12.8. The molecule has 2 heteroatoms. The number of terminal acetylenes is 2. The van der Waals surface area contributed by atoms with E-state index in [2.05, 4.69) is 49.9 Å². The molecular weight excluding hydrogens is 244 g/mol. The van der Waals surface area contributed by atoms with Crippen molar-refractivity contribution >= 4 is 0 Å². The lowest BCUT2D eigenvalue weighted by atomic mass is 10.1. The molecular formula is C18H34N2. The van der Waals surface area contributed by atoms with E-state index >= 15 is 0 Å². The van der Waals surface area contributed by atoms with Gasteiger partial charge < -0.3 is 5.32 Å². The topological polar surface area (TPSA) is 15.3 Å². The standard InChI is InChI=1S/2C9H17N/c1-5-7-9(3)10(4)8-6-2;1-4-6-7-8-9(5-2)10-3/h2,9H,5,7-8H2,1,3-4H3;2,9-10H,4,6-8H2,1,3H3. The van der Waals surface area contributed by atoms with Gasteiger partial charge in [0.25, 0.3) is 0 Å². The van der Waals surface area contributed by atoms with Crippen LogP contribution >= 0.6 is 0 Å². The smallest absolute Gasteiger partial charge is 0.0684 e. The Morgan fingerprint density at radius 2 is 1.75 bits per heavy atom. The van der Waals surface area contributed by atoms with E-state index in [4.69, 9.17) is 12.8 Å². The third-order valence-corrected chi connectivity index (χ3v) is 3.45. The van der Waals surface area contributed by atoms with E-state index in [-0.39, 0.29) is 6.04 Å². The van der Waals surface area contributed by atoms with Crippen LogP contribution in [0.25, 0.3) is 0 Å². The van der Waals surface area contributed by atoms with E-state index in [0.717, 1.165) is 13.0 Å². The highest BCUT2D eigenvalue weighted by atomic mass is 15.1. The summed E-state index contributed by atoms with van der Waals surface area (Å²) in [7, 11) is 3.98. The van der Waals surface area contributed by atoms with E-state index in [1.54, 1.807) is 0 Å². The minimum Gasteiger partial charge on any atom is -0.307 e. The van der Waals surface area contributed by atoms with Crippen LogP contribution in [0.4, 0.5) is 0 Å². The Hall–Kier alpha value is -0.960. The van der Waals surface area contributed by atoms with Gasteiger partial charge in [-0.05, 0) is 33.9 Å². The Morgan fingerprint density at radius 1 is 1.10 bits per heavy atom. The molecule has 0 spiro atoms. The summed E-state index contributed by atoms with van der Waals surface area (Å²) in [5.41, 5.74) is 0. The molecule has 0 heterocycles. The summed E-state index contributed by atoms with van der Waals surface area (Å²) in [6, 6.07) is 0.910. The number of unbranched alkanes of at least 4 members (excludes halogenated alkanes) is 2. The van der Waals surface area contributed by atoms with E-state index < -0.39 is 0 Å². The fourth-order valence-corrected chi connectivity index (χ4v) is 1.85. The maximum atomic E-state index is 5.25. The summed E-state index contributed by atoms with van der Waals surface area (Å²) >= 11 is 0. The van der Waals surface area contributed by atoms with E-state index in [9.17, 15) is 0 Å². The average molecular weight is 278 g/mol. The second-order valence-corrected chi connectivity index (χ2v) is 5.26. The number of rotatable bonds is 9. The minimum absolute atomic E-state index is 0.284. The summed E-state index contributed by atoms with van der Waals surface area (Å²) in [6.07, 6.45) is 17.8. The Morgan fingerprint density at radius 3 is 2.15 bits per heavy atom. The van der Waals surface area contributed by atoms with Crippen molar-refractivity contribution in [1.82, 2.24) is 10.2 Å². The van der Waals surface area contributed by atoms with Crippen molar-refractivity contribution in [3.63, 3.8) is 0 Å². The van der Waals surface area contributed by atoms with Gasteiger partial charge in [-0.25, -0.2) is 0 Å². The van der Waals surface area contributed by atoms with Crippen molar-refractivity contribution in [1.29, 1.82) is 0 Å². The number of nitrogens with zero attached hydrogens (tertiary/aromatic N) is 1. The zero-order valence-corrected chi connectivity index (χ0v) is 14.2. The lowest BCUT2D eigenvalue weighted by Crippen LogP contribution is -2.28. The summed E-state index contributed by atoms with van der Waals surface area (Å²) in [4.78, 5) is 2.20. The first-order valence-corrected chi connectivity index (χ1v) is 7.84. The maximum absolute atomic E-state index is 5.25. The number of hydrogen-bond donors (Lipinski definition) is 1. The molecule has 0 aromatic heterocycles. The molecule has 0 bridgehead atoms. The van der Waals surface area contributed by atoms with Crippen LogP contribution in [0.5, 0.6) is 0 Å². The highest BCUT2D eigenvalue weighted by Gasteiger charge is 2.04. The maximum Gasteiger partial charge on any atom is 0.0684 e. The van der Waals surface area contributed by atoms with Crippen LogP contribution in [0.2, 0.25) is 0 Å². The van der Waals surface area contributed by atoms with Gasteiger partial charge in [-0.15, -0.1) is 12.8 Å². The molecule has 116 valence electrons. The van der Waals surface area contributed by atoms with Gasteiger partial charge in [-0.2, -0.15) is 0 Å². The van der Waals surface area contributed by atoms with Crippen molar-refractivity contribution < 1.29 is 0 Å². The minimum atomic E-state index is 0.284. The average Bonchev–Trinajstić information content (AvgIpc) is 2.45. The third-order valence-electron chi connectivity index (χ3n) is 3.45. The van der Waals surface area contributed by atoms with Gasteiger partial charge in [-0.3, -0.25) is 4.90 Å². The van der Waals surface area contributed by atoms with Crippen LogP contribution in [0.3, 0.4) is 0 Å². The SMILES string of the molecule is C#CC(CCCCC)NC.C#CCN(C)C(C)CCC. The fraction of sp³-hybridized carbons (Fsp3) is 0.778. The molecule has 0 radical (unpaired) electrons. The van der Waals surface area contributed by atoms with Gasteiger partial charge in [0, 0.05) is 6.04 Å². The molecule has 0 rings (SSSR count). The summed E-state index contributed by atoms with van der Waals surface area (Å²) < 4.78 is 0. The molecule has 2 unspecified atom stereocenters. The predicted octanol–water partition coefficient (Wildman–Crippen LogP) is 3.53. The second-order valence-electron chi connectivity index (χ2n) is 5.26. The zero-order chi connectivity index (χ0) is 15.8. The molecule has 0 amide bonds. The second kappa shape index (κ2) is 16.1. The Labute approximate surface area is 127 Å². The molecule has 0 saturated carbocycles. The number of hydrogen-bond acceptors (Lipinski definition) is 2. The van der Waals surface area contributed by atoms with Gasteiger partial charge in [0.1, 0.15) is 0 Å². The van der Waals surface area contributed by atoms with Gasteiger partial charge >= 0.3 is 0 Å². The van der Waals surface area contributed by atoms with Crippen LogP contribution in [-0.2, 0) is 0 Å². The van der Waals surface area contributed by atoms with Crippen molar-refractivity contribution in [3.05, 3.63) is 0 Å². The summed E-state index contributed by atoms with van der Waals surface area (Å²) in [5.74, 6) is 5.33. The molecule has 0 aliphatic carbocycles. The zero-order valence-electron chi connectivity index (χ0n) is 14.2. The van der Waals surface area contributed by atoms with E-state index in [1.165, 1.54) is 32.1 Å². The van der Waals surface area contributed by atoms with Crippen LogP contribution < -0.4 is 5.32 Å². The molecule has 0 saturated heterocycles. The highest BCUT2D eigenvalue weighted by molar-refractivity contribution is 4.97. The van der Waals surface area contributed by atoms with Gasteiger partial charge in [-0.1, -0.05) is 51.4 Å². The molecule has 0 fully saturated rings. The van der Waals surface area contributed by atoms with Gasteiger partial charge in [0.05, 0.1) is 12.6 Å². The van der Waals surface area contributed by atoms with Crippen LogP contribution in [0.15, 0.2) is 0 Å². The third kappa shape index (κ3) is 13.5. The summed E-state index contributed by atoms with van der Waals surface area (Å²) in [6.45, 7) is 7.37. The molecule has 2 nitrogen and oxygen atoms in total. The fourth-order valence-electron chi connectivity index (χ4n) is 1.85. The molecule has 0 aromatic rings. The van der Waals surface area contributed by atoms with Crippen molar-refractivity contribution in [2.75, 3.05) is 20.6 Å². The number of nitrogens with one attached hydrogen (secondary N) is 1. The van der Waals surface area contributed by atoms with Gasteiger partial charge in [0.2, 0.25) is 0 Å². The van der Waals surface area contributed by atoms with Gasteiger partial charge in [0.15, 0.2) is 0 Å². The first-order chi connectivity index (χ1) is 9.56. The highest BCUT2D eigenvalue weighted by Crippen LogP contribution is 2.02. The Balaban J connectivity index is 0. The molecule has 0 aliphatic rings. The monoisotopic (exact) mass is 278 g/mol.